The minimum atomic E-state index is -1.08. The minimum absolute atomic E-state index is 0.183. The SMILES string of the molecule is CC1(C)OC(=O)c2c(cc(NCCC3CC3)oc2=O)O1. The van der Waals surface area contributed by atoms with Gasteiger partial charge in [-0.05, 0) is 12.3 Å². The van der Waals surface area contributed by atoms with Gasteiger partial charge in [0.05, 0.1) is 0 Å². The number of anilines is 1. The molecule has 0 atom stereocenters. The Morgan fingerprint density at radius 2 is 2.05 bits per heavy atom. The van der Waals surface area contributed by atoms with Crippen LogP contribution in [0.2, 0.25) is 0 Å². The van der Waals surface area contributed by atoms with Crippen LogP contribution >= 0.6 is 0 Å². The molecule has 6 heteroatoms. The van der Waals surface area contributed by atoms with Crippen LogP contribution in [0, 0.1) is 5.92 Å². The zero-order valence-corrected chi connectivity index (χ0v) is 11.5. The van der Waals surface area contributed by atoms with E-state index in [0.29, 0.717) is 5.88 Å². The fourth-order valence-corrected chi connectivity index (χ4v) is 2.19. The number of fused-ring (bicyclic) bond motifs is 1. The third-order valence-electron chi connectivity index (χ3n) is 3.36. The molecule has 1 aromatic heterocycles. The lowest BCUT2D eigenvalue weighted by Gasteiger charge is -2.30. The first-order valence-corrected chi connectivity index (χ1v) is 6.79. The van der Waals surface area contributed by atoms with Crippen molar-refractivity contribution in [1.29, 1.82) is 0 Å². The Bertz CT molecular complexity index is 600. The minimum Gasteiger partial charge on any atom is -0.451 e. The van der Waals surface area contributed by atoms with Crippen molar-refractivity contribution in [2.24, 2.45) is 5.92 Å². The van der Waals surface area contributed by atoms with E-state index in [1.54, 1.807) is 13.8 Å². The van der Waals surface area contributed by atoms with E-state index in [0.717, 1.165) is 18.9 Å². The lowest BCUT2D eigenvalue weighted by atomic mass is 10.2. The van der Waals surface area contributed by atoms with Crippen LogP contribution in [0.25, 0.3) is 0 Å². The van der Waals surface area contributed by atoms with Crippen molar-refractivity contribution < 1.29 is 18.7 Å². The van der Waals surface area contributed by atoms with E-state index in [-0.39, 0.29) is 11.3 Å². The van der Waals surface area contributed by atoms with Crippen molar-refractivity contribution in [3.63, 3.8) is 0 Å². The smallest absolute Gasteiger partial charge is 0.356 e. The van der Waals surface area contributed by atoms with E-state index < -0.39 is 17.4 Å². The summed E-state index contributed by atoms with van der Waals surface area (Å²) in [6, 6.07) is 1.53. The largest absolute Gasteiger partial charge is 0.451 e. The molecule has 0 aromatic carbocycles. The highest BCUT2D eigenvalue weighted by molar-refractivity contribution is 5.93. The standard InChI is InChI=1S/C14H17NO5/c1-14(2)19-9-7-10(15-6-5-8-3-4-8)18-12(16)11(9)13(17)20-14/h7-8,15H,3-6H2,1-2H3. The highest BCUT2D eigenvalue weighted by Crippen LogP contribution is 2.33. The van der Waals surface area contributed by atoms with E-state index in [9.17, 15) is 9.59 Å². The van der Waals surface area contributed by atoms with Gasteiger partial charge in [0, 0.05) is 26.5 Å². The normalized spacial score (nSPS) is 19.8. The molecule has 6 nitrogen and oxygen atoms in total. The lowest BCUT2D eigenvalue weighted by Crippen LogP contribution is -2.41. The number of esters is 1. The summed E-state index contributed by atoms with van der Waals surface area (Å²) in [6.07, 6.45) is 3.60. The number of carbonyl (C=O) groups excluding carboxylic acids is 1. The Balaban J connectivity index is 1.82. The Kier molecular flexibility index (Phi) is 2.96. The monoisotopic (exact) mass is 279 g/mol. The molecule has 1 fully saturated rings. The lowest BCUT2D eigenvalue weighted by molar-refractivity contribution is -0.128. The summed E-state index contributed by atoms with van der Waals surface area (Å²) in [6.45, 7) is 3.96. The Labute approximate surface area is 116 Å². The molecule has 0 amide bonds. The predicted octanol–water partition coefficient (Wildman–Crippen LogP) is 2.14. The molecule has 3 rings (SSSR count). The molecule has 1 aliphatic carbocycles. The van der Waals surface area contributed by atoms with Gasteiger partial charge in [-0.2, -0.15) is 0 Å². The molecule has 0 bridgehead atoms. The number of rotatable bonds is 4. The van der Waals surface area contributed by atoms with E-state index in [2.05, 4.69) is 5.32 Å². The fourth-order valence-electron chi connectivity index (χ4n) is 2.19. The molecular formula is C14H17NO5. The second-order valence-corrected chi connectivity index (χ2v) is 5.69. The van der Waals surface area contributed by atoms with Crippen molar-refractivity contribution in [3.05, 3.63) is 22.0 Å². The summed E-state index contributed by atoms with van der Waals surface area (Å²) in [4.78, 5) is 23.6. The summed E-state index contributed by atoms with van der Waals surface area (Å²) in [5.74, 6) is -0.480. The second-order valence-electron chi connectivity index (χ2n) is 5.69. The van der Waals surface area contributed by atoms with Gasteiger partial charge in [0.1, 0.15) is 0 Å². The molecular weight excluding hydrogens is 262 g/mol. The topological polar surface area (TPSA) is 77.8 Å². The van der Waals surface area contributed by atoms with Gasteiger partial charge in [-0.15, -0.1) is 0 Å². The Morgan fingerprint density at radius 1 is 1.30 bits per heavy atom. The van der Waals surface area contributed by atoms with Crippen molar-refractivity contribution in [3.8, 4) is 5.75 Å². The number of cyclic esters (lactones) is 1. The molecule has 1 aliphatic heterocycles. The van der Waals surface area contributed by atoms with Crippen LogP contribution in [0.1, 0.15) is 43.5 Å². The molecule has 20 heavy (non-hydrogen) atoms. The van der Waals surface area contributed by atoms with Crippen LogP contribution in [-0.4, -0.2) is 18.3 Å². The highest BCUT2D eigenvalue weighted by atomic mass is 16.7. The summed E-state index contributed by atoms with van der Waals surface area (Å²) < 4.78 is 15.6. The average Bonchev–Trinajstić information content (AvgIpc) is 3.09. The van der Waals surface area contributed by atoms with Gasteiger partial charge in [-0.1, -0.05) is 12.8 Å². The molecule has 1 saturated carbocycles. The molecule has 1 aromatic rings. The molecule has 0 saturated heterocycles. The van der Waals surface area contributed by atoms with Crippen LogP contribution in [0.3, 0.4) is 0 Å². The first kappa shape index (κ1) is 13.0. The number of nitrogens with one attached hydrogen (secondary N) is 1. The van der Waals surface area contributed by atoms with Crippen molar-refractivity contribution in [1.82, 2.24) is 0 Å². The van der Waals surface area contributed by atoms with E-state index in [4.69, 9.17) is 13.9 Å². The van der Waals surface area contributed by atoms with Gasteiger partial charge in [-0.3, -0.25) is 0 Å². The third-order valence-corrected chi connectivity index (χ3v) is 3.36. The van der Waals surface area contributed by atoms with Crippen LogP contribution in [0.15, 0.2) is 15.3 Å². The molecule has 108 valence electrons. The van der Waals surface area contributed by atoms with Crippen molar-refractivity contribution in [2.75, 3.05) is 11.9 Å². The van der Waals surface area contributed by atoms with Gasteiger partial charge in [0.2, 0.25) is 11.7 Å². The van der Waals surface area contributed by atoms with Crippen molar-refractivity contribution in [2.45, 2.75) is 38.9 Å². The first-order valence-electron chi connectivity index (χ1n) is 6.79. The molecule has 0 spiro atoms. The van der Waals surface area contributed by atoms with Gasteiger partial charge < -0.3 is 19.2 Å². The maximum Gasteiger partial charge on any atom is 0.356 e. The number of hydrogen-bond donors (Lipinski definition) is 1. The van der Waals surface area contributed by atoms with Gasteiger partial charge >= 0.3 is 11.6 Å². The molecule has 0 unspecified atom stereocenters. The molecule has 0 radical (unpaired) electrons. The zero-order valence-electron chi connectivity index (χ0n) is 11.5. The van der Waals surface area contributed by atoms with Crippen LogP contribution in [0.5, 0.6) is 5.75 Å². The first-order chi connectivity index (χ1) is 9.44. The van der Waals surface area contributed by atoms with Crippen LogP contribution in [0.4, 0.5) is 5.88 Å². The van der Waals surface area contributed by atoms with E-state index in [1.807, 2.05) is 0 Å². The maximum absolute atomic E-state index is 11.8. The fraction of sp³-hybridized carbons (Fsp3) is 0.571. The number of carbonyl (C=O) groups is 1. The summed E-state index contributed by atoms with van der Waals surface area (Å²) in [7, 11) is 0. The van der Waals surface area contributed by atoms with Gasteiger partial charge in [-0.25, -0.2) is 9.59 Å². The van der Waals surface area contributed by atoms with Gasteiger partial charge in [0.25, 0.3) is 0 Å². The van der Waals surface area contributed by atoms with E-state index in [1.165, 1.54) is 18.9 Å². The molecule has 2 heterocycles. The summed E-state index contributed by atoms with van der Waals surface area (Å²) >= 11 is 0. The average molecular weight is 279 g/mol. The van der Waals surface area contributed by atoms with Crippen LogP contribution < -0.4 is 15.7 Å². The zero-order chi connectivity index (χ0) is 14.3. The summed E-state index contributed by atoms with van der Waals surface area (Å²) in [5.41, 5.74) is -0.922. The van der Waals surface area contributed by atoms with Gasteiger partial charge in [0.15, 0.2) is 11.3 Å². The quantitative estimate of drug-likeness (QED) is 0.851. The molecule has 2 aliphatic rings. The second kappa shape index (κ2) is 4.54. The molecule has 1 N–H and O–H groups in total. The number of ether oxygens (including phenoxy) is 2. The summed E-state index contributed by atoms with van der Waals surface area (Å²) in [5, 5.41) is 3.05. The predicted molar refractivity (Wildman–Crippen MR) is 70.9 cm³/mol. The number of hydrogen-bond acceptors (Lipinski definition) is 6. The Hall–Kier alpha value is -1.98. The highest BCUT2D eigenvalue weighted by Gasteiger charge is 2.37. The third kappa shape index (κ3) is 2.64. The van der Waals surface area contributed by atoms with E-state index >= 15 is 0 Å². The van der Waals surface area contributed by atoms with Crippen molar-refractivity contribution >= 4 is 11.9 Å². The van der Waals surface area contributed by atoms with Crippen LogP contribution in [-0.2, 0) is 4.74 Å². The Morgan fingerprint density at radius 3 is 2.75 bits per heavy atom. The maximum atomic E-state index is 11.8.